The third-order valence-electron chi connectivity index (χ3n) is 3.44. The predicted octanol–water partition coefficient (Wildman–Crippen LogP) is 3.43. The van der Waals surface area contributed by atoms with Gasteiger partial charge in [-0.3, -0.25) is 4.98 Å². The van der Waals surface area contributed by atoms with Crippen LogP contribution in [-0.2, 0) is 17.1 Å². The summed E-state index contributed by atoms with van der Waals surface area (Å²) in [6, 6.07) is 6.46. The van der Waals surface area contributed by atoms with Gasteiger partial charge in [0.15, 0.2) is 6.79 Å². The van der Waals surface area contributed by atoms with Gasteiger partial charge in [0.2, 0.25) is 5.89 Å². The normalized spacial score (nSPS) is 13.4. The van der Waals surface area contributed by atoms with Crippen LogP contribution in [0.25, 0.3) is 11.5 Å². The fourth-order valence-corrected chi connectivity index (χ4v) is 3.11. The van der Waals surface area contributed by atoms with Gasteiger partial charge in [0.1, 0.15) is 11.6 Å². The maximum Gasteiger partial charge on any atom is 0.277 e. The van der Waals surface area contributed by atoms with Crippen LogP contribution in [-0.4, -0.2) is 22.0 Å². The molecule has 3 aromatic rings. The Balaban J connectivity index is 1.52. The highest BCUT2D eigenvalue weighted by Gasteiger charge is 2.18. The van der Waals surface area contributed by atoms with Crippen molar-refractivity contribution in [2.75, 3.05) is 6.79 Å². The summed E-state index contributed by atoms with van der Waals surface area (Å²) < 4.78 is 30.0. The second-order valence-electron chi connectivity index (χ2n) is 5.06. The van der Waals surface area contributed by atoms with Gasteiger partial charge in [-0.25, -0.2) is 4.39 Å². The third-order valence-corrected chi connectivity index (χ3v) is 4.30. The van der Waals surface area contributed by atoms with Gasteiger partial charge in [0.05, 0.1) is 6.61 Å². The summed E-state index contributed by atoms with van der Waals surface area (Å²) in [5.41, 5.74) is 2.25. The largest absolute Gasteiger partial charge is 0.467 e. The second kappa shape index (κ2) is 6.58. The van der Waals surface area contributed by atoms with Gasteiger partial charge < -0.3 is 13.9 Å². The Morgan fingerprint density at radius 3 is 2.92 bits per heavy atom. The monoisotopic (exact) mass is 345 g/mol. The molecule has 0 fully saturated rings. The van der Waals surface area contributed by atoms with Gasteiger partial charge in [-0.2, -0.15) is 0 Å². The molecule has 8 heteroatoms. The van der Waals surface area contributed by atoms with Crippen LogP contribution in [0.15, 0.2) is 46.3 Å². The fourth-order valence-electron chi connectivity index (χ4n) is 2.38. The van der Waals surface area contributed by atoms with E-state index in [0.29, 0.717) is 34.8 Å². The molecule has 4 rings (SSSR count). The molecule has 0 unspecified atom stereocenters. The maximum absolute atomic E-state index is 13.7. The van der Waals surface area contributed by atoms with Gasteiger partial charge in [0.25, 0.3) is 5.22 Å². The molecule has 0 atom stereocenters. The number of hydrogen-bond donors (Lipinski definition) is 0. The first kappa shape index (κ1) is 15.1. The van der Waals surface area contributed by atoms with E-state index >= 15 is 0 Å². The van der Waals surface area contributed by atoms with E-state index in [1.54, 1.807) is 24.5 Å². The van der Waals surface area contributed by atoms with Crippen molar-refractivity contribution in [3.8, 4) is 17.2 Å². The van der Waals surface area contributed by atoms with Crippen LogP contribution in [0.5, 0.6) is 5.75 Å². The average Bonchev–Trinajstić information content (AvgIpc) is 3.09. The molecule has 0 amide bonds. The smallest absolute Gasteiger partial charge is 0.277 e. The van der Waals surface area contributed by atoms with Crippen LogP contribution >= 0.6 is 11.8 Å². The minimum atomic E-state index is -0.318. The lowest BCUT2D eigenvalue weighted by molar-refractivity contribution is -0.0171. The van der Waals surface area contributed by atoms with Crippen LogP contribution in [0.1, 0.15) is 11.1 Å². The van der Waals surface area contributed by atoms with Crippen molar-refractivity contribution in [2.24, 2.45) is 0 Å². The second-order valence-corrected chi connectivity index (χ2v) is 5.99. The lowest BCUT2D eigenvalue weighted by Gasteiger charge is -2.20. The van der Waals surface area contributed by atoms with Crippen molar-refractivity contribution in [3.63, 3.8) is 0 Å². The summed E-state index contributed by atoms with van der Waals surface area (Å²) in [5, 5.41) is 8.43. The molecule has 1 aliphatic heterocycles. The highest BCUT2D eigenvalue weighted by Crippen LogP contribution is 2.34. The van der Waals surface area contributed by atoms with Crippen molar-refractivity contribution in [2.45, 2.75) is 17.6 Å². The topological polar surface area (TPSA) is 70.3 Å². The Morgan fingerprint density at radius 2 is 2.04 bits per heavy atom. The zero-order chi connectivity index (χ0) is 16.4. The Labute approximate surface area is 141 Å². The molecular formula is C16H12FN3O3S. The summed E-state index contributed by atoms with van der Waals surface area (Å²) in [5.74, 6) is 1.23. The Hall–Kier alpha value is -2.45. The lowest BCUT2D eigenvalue weighted by atomic mass is 10.1. The van der Waals surface area contributed by atoms with E-state index in [9.17, 15) is 4.39 Å². The molecular weight excluding hydrogens is 333 g/mol. The maximum atomic E-state index is 13.7. The molecule has 1 aliphatic rings. The molecule has 0 saturated carbocycles. The number of nitrogens with zero attached hydrogens (tertiary/aromatic N) is 3. The average molecular weight is 345 g/mol. The minimum Gasteiger partial charge on any atom is -0.467 e. The first-order valence-electron chi connectivity index (χ1n) is 7.18. The Morgan fingerprint density at radius 1 is 1.17 bits per heavy atom. The zero-order valence-corrected chi connectivity index (χ0v) is 13.3. The molecule has 0 aliphatic carbocycles. The lowest BCUT2D eigenvalue weighted by Crippen LogP contribution is -2.13. The SMILES string of the molecule is Fc1cc2c(c(CSc3nnc(-c4ccncc4)o3)c1)OCOC2. The number of hydrogen-bond acceptors (Lipinski definition) is 7. The minimum absolute atomic E-state index is 0.170. The van der Waals surface area contributed by atoms with Crippen molar-refractivity contribution >= 4 is 11.8 Å². The molecule has 2 aromatic heterocycles. The molecule has 0 radical (unpaired) electrons. The molecule has 0 N–H and O–H groups in total. The van der Waals surface area contributed by atoms with Gasteiger partial charge >= 0.3 is 0 Å². The van der Waals surface area contributed by atoms with E-state index in [-0.39, 0.29) is 12.6 Å². The molecule has 122 valence electrons. The number of pyridine rings is 1. The first-order valence-corrected chi connectivity index (χ1v) is 8.17. The number of fused-ring (bicyclic) bond motifs is 1. The summed E-state index contributed by atoms with van der Waals surface area (Å²) >= 11 is 1.33. The molecule has 1 aromatic carbocycles. The van der Waals surface area contributed by atoms with Crippen LogP contribution < -0.4 is 4.74 Å². The highest BCUT2D eigenvalue weighted by molar-refractivity contribution is 7.98. The van der Waals surface area contributed by atoms with Gasteiger partial charge in [-0.1, -0.05) is 11.8 Å². The Kier molecular flexibility index (Phi) is 4.14. The van der Waals surface area contributed by atoms with Gasteiger partial charge in [-0.15, -0.1) is 10.2 Å². The van der Waals surface area contributed by atoms with Gasteiger partial charge in [-0.05, 0) is 24.3 Å². The standard InChI is InChI=1S/C16H12FN3O3S/c17-13-5-11-7-21-9-22-14(11)12(6-13)8-24-16-20-19-15(23-16)10-1-3-18-4-2-10/h1-6H,7-9H2. The Bertz CT molecular complexity index is 857. The predicted molar refractivity (Wildman–Crippen MR) is 83.8 cm³/mol. The van der Waals surface area contributed by atoms with Crippen molar-refractivity contribution in [3.05, 3.63) is 53.6 Å². The molecule has 3 heterocycles. The number of thioether (sulfide) groups is 1. The number of aromatic nitrogens is 3. The van der Waals surface area contributed by atoms with Crippen LogP contribution in [0.4, 0.5) is 4.39 Å². The fraction of sp³-hybridized carbons (Fsp3) is 0.188. The van der Waals surface area contributed by atoms with E-state index in [0.717, 1.165) is 11.1 Å². The van der Waals surface area contributed by atoms with Gasteiger partial charge in [0, 0.05) is 34.8 Å². The molecule has 0 spiro atoms. The van der Waals surface area contributed by atoms with Crippen molar-refractivity contribution in [1.29, 1.82) is 0 Å². The van der Waals surface area contributed by atoms with E-state index in [1.165, 1.54) is 23.9 Å². The van der Waals surface area contributed by atoms with E-state index in [1.807, 2.05) is 0 Å². The summed E-state index contributed by atoms with van der Waals surface area (Å²) in [6.45, 7) is 0.514. The van der Waals surface area contributed by atoms with Crippen molar-refractivity contribution in [1.82, 2.24) is 15.2 Å². The summed E-state index contributed by atoms with van der Waals surface area (Å²) in [6.07, 6.45) is 3.32. The van der Waals surface area contributed by atoms with Crippen LogP contribution in [0.2, 0.25) is 0 Å². The molecule has 6 nitrogen and oxygen atoms in total. The van der Waals surface area contributed by atoms with Crippen LogP contribution in [0.3, 0.4) is 0 Å². The van der Waals surface area contributed by atoms with E-state index < -0.39 is 0 Å². The summed E-state index contributed by atoms with van der Waals surface area (Å²) in [4.78, 5) is 3.95. The highest BCUT2D eigenvalue weighted by atomic mass is 32.2. The molecule has 0 bridgehead atoms. The molecule has 24 heavy (non-hydrogen) atoms. The van der Waals surface area contributed by atoms with Crippen LogP contribution in [0, 0.1) is 5.82 Å². The molecule has 0 saturated heterocycles. The van der Waals surface area contributed by atoms with E-state index in [4.69, 9.17) is 13.9 Å². The van der Waals surface area contributed by atoms with E-state index in [2.05, 4.69) is 15.2 Å². The van der Waals surface area contributed by atoms with Crippen molar-refractivity contribution < 1.29 is 18.3 Å². The number of benzene rings is 1. The quantitative estimate of drug-likeness (QED) is 0.671. The number of halogens is 1. The summed E-state index contributed by atoms with van der Waals surface area (Å²) in [7, 11) is 0. The number of ether oxygens (including phenoxy) is 2. The third kappa shape index (κ3) is 3.10. The number of rotatable bonds is 4. The zero-order valence-electron chi connectivity index (χ0n) is 12.4. The first-order chi connectivity index (χ1) is 11.8.